The lowest BCUT2D eigenvalue weighted by Gasteiger charge is -2.25. The molecule has 3 heteroatoms. The van der Waals surface area contributed by atoms with Gasteiger partial charge in [-0.05, 0) is 44.8 Å². The predicted molar refractivity (Wildman–Crippen MR) is 80.4 cm³/mol. The molecule has 0 saturated carbocycles. The summed E-state index contributed by atoms with van der Waals surface area (Å²) in [4.78, 5) is 2.21. The van der Waals surface area contributed by atoms with Crippen molar-refractivity contribution in [3.8, 4) is 18.1 Å². The Morgan fingerprint density at radius 1 is 1.42 bits per heavy atom. The van der Waals surface area contributed by atoms with Crippen molar-refractivity contribution >= 4 is 0 Å². The third kappa shape index (κ3) is 5.34. The summed E-state index contributed by atoms with van der Waals surface area (Å²) in [5.74, 6) is 3.56. The van der Waals surface area contributed by atoms with Gasteiger partial charge < -0.3 is 15.0 Å². The van der Waals surface area contributed by atoms with E-state index < -0.39 is 0 Å². The molecule has 1 atom stereocenters. The van der Waals surface area contributed by atoms with Crippen LogP contribution >= 0.6 is 0 Å². The van der Waals surface area contributed by atoms with E-state index in [9.17, 15) is 0 Å². The molecule has 0 spiro atoms. The third-order valence-electron chi connectivity index (χ3n) is 3.11. The lowest BCUT2D eigenvalue weighted by Crippen LogP contribution is -2.31. The highest BCUT2D eigenvalue weighted by atomic mass is 16.5. The van der Waals surface area contributed by atoms with Crippen molar-refractivity contribution in [2.75, 3.05) is 34.3 Å². The minimum absolute atomic E-state index is 0.334. The van der Waals surface area contributed by atoms with E-state index in [1.807, 2.05) is 12.1 Å². The van der Waals surface area contributed by atoms with E-state index in [1.165, 1.54) is 5.56 Å². The van der Waals surface area contributed by atoms with Crippen molar-refractivity contribution in [1.29, 1.82) is 0 Å². The molecule has 0 aromatic heterocycles. The second kappa shape index (κ2) is 8.58. The monoisotopic (exact) mass is 260 g/mol. The molecule has 0 aliphatic heterocycles. The quantitative estimate of drug-likeness (QED) is 0.573. The van der Waals surface area contributed by atoms with Gasteiger partial charge in [0.15, 0.2) is 0 Å². The van der Waals surface area contributed by atoms with Crippen LogP contribution in [0.5, 0.6) is 5.75 Å². The number of methoxy groups -OCH3 is 1. The number of rotatable bonds is 8. The van der Waals surface area contributed by atoms with E-state index >= 15 is 0 Å². The zero-order chi connectivity index (χ0) is 14.1. The Morgan fingerprint density at radius 3 is 2.84 bits per heavy atom. The molecule has 0 bridgehead atoms. The van der Waals surface area contributed by atoms with Crippen LogP contribution in [0.15, 0.2) is 24.3 Å². The molecule has 1 unspecified atom stereocenters. The highest BCUT2D eigenvalue weighted by molar-refractivity contribution is 5.30. The molecule has 19 heavy (non-hydrogen) atoms. The van der Waals surface area contributed by atoms with Crippen LogP contribution in [-0.4, -0.2) is 39.2 Å². The van der Waals surface area contributed by atoms with E-state index in [1.54, 1.807) is 7.11 Å². The minimum Gasteiger partial charge on any atom is -0.497 e. The minimum atomic E-state index is 0.334. The fourth-order valence-electron chi connectivity index (χ4n) is 2.00. The summed E-state index contributed by atoms with van der Waals surface area (Å²) >= 11 is 0. The van der Waals surface area contributed by atoms with Crippen LogP contribution in [0.25, 0.3) is 0 Å². The second-order valence-electron chi connectivity index (χ2n) is 4.77. The van der Waals surface area contributed by atoms with E-state index in [-0.39, 0.29) is 0 Å². The topological polar surface area (TPSA) is 24.5 Å². The maximum absolute atomic E-state index is 5.28. The molecule has 0 radical (unpaired) electrons. The number of ether oxygens (including phenoxy) is 1. The third-order valence-corrected chi connectivity index (χ3v) is 3.11. The Hall–Kier alpha value is -1.50. The lowest BCUT2D eigenvalue weighted by molar-refractivity contribution is 0.288. The standard InChI is InChI=1S/C16H24N2O/c1-5-6-7-11-17-13-16(18(2)3)14-9-8-10-15(12-14)19-4/h1,8-10,12,16-17H,6-7,11,13H2,2-4H3. The summed E-state index contributed by atoms with van der Waals surface area (Å²) < 4.78 is 5.28. The summed E-state index contributed by atoms with van der Waals surface area (Å²) in [6.07, 6.45) is 7.10. The fraction of sp³-hybridized carbons (Fsp3) is 0.500. The number of hydrogen-bond acceptors (Lipinski definition) is 3. The Labute approximate surface area is 117 Å². The van der Waals surface area contributed by atoms with E-state index in [0.717, 1.165) is 31.7 Å². The molecule has 1 aromatic rings. The van der Waals surface area contributed by atoms with Crippen molar-refractivity contribution in [1.82, 2.24) is 10.2 Å². The van der Waals surface area contributed by atoms with E-state index in [4.69, 9.17) is 11.2 Å². The van der Waals surface area contributed by atoms with Crippen LogP contribution in [0, 0.1) is 12.3 Å². The van der Waals surface area contributed by atoms with E-state index in [0.29, 0.717) is 6.04 Å². The highest BCUT2D eigenvalue weighted by Crippen LogP contribution is 2.21. The SMILES string of the molecule is C#CCCCNCC(c1cccc(OC)c1)N(C)C. The van der Waals surface area contributed by atoms with Crippen LogP contribution in [0.1, 0.15) is 24.4 Å². The van der Waals surface area contributed by atoms with Gasteiger partial charge in [-0.15, -0.1) is 12.3 Å². The van der Waals surface area contributed by atoms with Gasteiger partial charge in [0.2, 0.25) is 0 Å². The maximum atomic E-state index is 5.28. The van der Waals surface area contributed by atoms with Crippen molar-refractivity contribution in [2.24, 2.45) is 0 Å². The summed E-state index contributed by atoms with van der Waals surface area (Å²) in [5, 5.41) is 3.46. The summed E-state index contributed by atoms with van der Waals surface area (Å²) in [6.45, 7) is 1.86. The first-order valence-electron chi connectivity index (χ1n) is 6.63. The molecule has 0 aliphatic rings. The smallest absolute Gasteiger partial charge is 0.119 e. The van der Waals surface area contributed by atoms with Crippen molar-refractivity contribution in [3.05, 3.63) is 29.8 Å². The van der Waals surface area contributed by atoms with Crippen molar-refractivity contribution < 1.29 is 4.74 Å². The van der Waals surface area contributed by atoms with Gasteiger partial charge in [-0.3, -0.25) is 0 Å². The first-order chi connectivity index (χ1) is 9.19. The van der Waals surface area contributed by atoms with Crippen molar-refractivity contribution in [2.45, 2.75) is 18.9 Å². The molecule has 0 heterocycles. The molecule has 0 fully saturated rings. The van der Waals surface area contributed by atoms with Gasteiger partial charge in [0.1, 0.15) is 5.75 Å². The summed E-state index contributed by atoms with van der Waals surface area (Å²) in [5.41, 5.74) is 1.26. The van der Waals surface area contributed by atoms with Crippen LogP contribution in [-0.2, 0) is 0 Å². The molecule has 1 N–H and O–H groups in total. The number of nitrogens with one attached hydrogen (secondary N) is 1. The fourth-order valence-corrected chi connectivity index (χ4v) is 2.00. The van der Waals surface area contributed by atoms with Gasteiger partial charge in [0.05, 0.1) is 7.11 Å². The average molecular weight is 260 g/mol. The molecule has 0 aliphatic carbocycles. The Balaban J connectivity index is 2.59. The molecule has 0 amide bonds. The molecule has 3 nitrogen and oxygen atoms in total. The molecular weight excluding hydrogens is 236 g/mol. The van der Waals surface area contributed by atoms with Crippen molar-refractivity contribution in [3.63, 3.8) is 0 Å². The maximum Gasteiger partial charge on any atom is 0.119 e. The largest absolute Gasteiger partial charge is 0.497 e. The van der Waals surface area contributed by atoms with Crippen LogP contribution in [0.4, 0.5) is 0 Å². The molecule has 1 aromatic carbocycles. The first kappa shape index (κ1) is 15.6. The number of unbranched alkanes of at least 4 members (excludes halogenated alkanes) is 1. The molecular formula is C16H24N2O. The van der Waals surface area contributed by atoms with Gasteiger partial charge >= 0.3 is 0 Å². The molecule has 104 valence electrons. The number of terminal acetylenes is 1. The summed E-state index contributed by atoms with van der Waals surface area (Å²) in [6, 6.07) is 8.56. The van der Waals surface area contributed by atoms with E-state index in [2.05, 4.69) is 42.4 Å². The summed E-state index contributed by atoms with van der Waals surface area (Å²) in [7, 11) is 5.88. The van der Waals surface area contributed by atoms with Gasteiger partial charge in [-0.25, -0.2) is 0 Å². The predicted octanol–water partition coefficient (Wildman–Crippen LogP) is 2.30. The van der Waals surface area contributed by atoms with Gasteiger partial charge in [0.25, 0.3) is 0 Å². The number of hydrogen-bond donors (Lipinski definition) is 1. The van der Waals surface area contributed by atoms with Crippen LogP contribution < -0.4 is 10.1 Å². The number of nitrogens with zero attached hydrogens (tertiary/aromatic N) is 1. The number of likely N-dealkylation sites (N-methyl/N-ethyl adjacent to an activating group) is 1. The zero-order valence-electron chi connectivity index (χ0n) is 12.1. The lowest BCUT2D eigenvalue weighted by atomic mass is 10.1. The average Bonchev–Trinajstić information content (AvgIpc) is 2.42. The van der Waals surface area contributed by atoms with Crippen LogP contribution in [0.3, 0.4) is 0 Å². The highest BCUT2D eigenvalue weighted by Gasteiger charge is 2.13. The van der Waals surface area contributed by atoms with Crippen LogP contribution in [0.2, 0.25) is 0 Å². The Morgan fingerprint density at radius 2 is 2.21 bits per heavy atom. The number of benzene rings is 1. The zero-order valence-corrected chi connectivity index (χ0v) is 12.1. The van der Waals surface area contributed by atoms with Gasteiger partial charge in [0, 0.05) is 19.0 Å². The normalized spacial score (nSPS) is 12.2. The molecule has 1 rings (SSSR count). The first-order valence-corrected chi connectivity index (χ1v) is 6.63. The molecule has 0 saturated heterocycles. The Kier molecular flexibility index (Phi) is 7.02. The Bertz CT molecular complexity index is 409. The second-order valence-corrected chi connectivity index (χ2v) is 4.77. The van der Waals surface area contributed by atoms with Gasteiger partial charge in [-0.2, -0.15) is 0 Å². The van der Waals surface area contributed by atoms with Gasteiger partial charge in [-0.1, -0.05) is 12.1 Å².